The summed E-state index contributed by atoms with van der Waals surface area (Å²) in [6.07, 6.45) is 4.78. The number of rotatable bonds is 5. The predicted molar refractivity (Wildman–Crippen MR) is 162 cm³/mol. The molecule has 5 aromatic rings. The monoisotopic (exact) mass is 571 g/mol. The lowest BCUT2D eigenvalue weighted by Crippen LogP contribution is -2.43. The van der Waals surface area contributed by atoms with E-state index in [1.807, 2.05) is 47.0 Å². The Bertz CT molecular complexity index is 1710. The SMILES string of the molecule is Cl.Nc1ncccc1-c1nc2ccc(-c3cc(F)cc(N4CCOCC4)c3)nc2n1-c1ccc(C2(N)CCC2)cc1. The molecule has 8 nitrogen and oxygen atoms in total. The average molecular weight is 572 g/mol. The third-order valence-electron chi connectivity index (χ3n) is 8.08. The van der Waals surface area contributed by atoms with Gasteiger partial charge in [0.25, 0.3) is 0 Å². The molecule has 2 aliphatic rings. The van der Waals surface area contributed by atoms with Gasteiger partial charge in [0.1, 0.15) is 17.2 Å². The number of ether oxygens (including phenoxy) is 1. The molecule has 1 saturated carbocycles. The number of nitrogen functional groups attached to an aromatic ring is 1. The molecule has 2 aromatic carbocycles. The van der Waals surface area contributed by atoms with E-state index in [2.05, 4.69) is 22.0 Å². The number of aromatic nitrogens is 4. The van der Waals surface area contributed by atoms with E-state index in [0.717, 1.165) is 49.3 Å². The quantitative estimate of drug-likeness (QED) is 0.288. The maximum Gasteiger partial charge on any atom is 0.165 e. The highest BCUT2D eigenvalue weighted by Crippen LogP contribution is 2.39. The summed E-state index contributed by atoms with van der Waals surface area (Å²) < 4.78 is 22.3. The van der Waals surface area contributed by atoms with Crippen LogP contribution in [0.1, 0.15) is 24.8 Å². The molecule has 0 spiro atoms. The van der Waals surface area contributed by atoms with Crippen molar-refractivity contribution in [2.75, 3.05) is 36.9 Å². The highest BCUT2D eigenvalue weighted by atomic mass is 35.5. The molecule has 1 aliphatic carbocycles. The van der Waals surface area contributed by atoms with Crippen LogP contribution in [0.15, 0.2) is 72.9 Å². The maximum absolute atomic E-state index is 14.8. The number of anilines is 2. The Morgan fingerprint density at radius 2 is 1.68 bits per heavy atom. The summed E-state index contributed by atoms with van der Waals surface area (Å²) in [6.45, 7) is 2.69. The van der Waals surface area contributed by atoms with Crippen LogP contribution in [0.3, 0.4) is 0 Å². The number of nitrogens with two attached hydrogens (primary N) is 2. The van der Waals surface area contributed by atoms with Crippen LogP contribution in [0.2, 0.25) is 0 Å². The number of morpholine rings is 1. The van der Waals surface area contributed by atoms with Crippen molar-refractivity contribution in [3.8, 4) is 28.3 Å². The molecule has 7 rings (SSSR count). The minimum atomic E-state index is -0.305. The molecule has 10 heteroatoms. The van der Waals surface area contributed by atoms with E-state index in [1.54, 1.807) is 12.3 Å². The molecule has 4 heterocycles. The summed E-state index contributed by atoms with van der Waals surface area (Å²) in [6, 6.07) is 20.9. The lowest BCUT2D eigenvalue weighted by Gasteiger charge is -2.38. The molecule has 0 unspecified atom stereocenters. The Morgan fingerprint density at radius 3 is 2.39 bits per heavy atom. The Kier molecular flexibility index (Phi) is 7.11. The van der Waals surface area contributed by atoms with E-state index in [1.165, 1.54) is 6.07 Å². The van der Waals surface area contributed by atoms with E-state index in [9.17, 15) is 4.39 Å². The summed E-state index contributed by atoms with van der Waals surface area (Å²) in [5.41, 5.74) is 18.9. The molecule has 4 N–H and O–H groups in total. The molecule has 3 aromatic heterocycles. The van der Waals surface area contributed by atoms with Gasteiger partial charge in [-0.05, 0) is 79.4 Å². The minimum absolute atomic E-state index is 0. The van der Waals surface area contributed by atoms with Gasteiger partial charge in [-0.3, -0.25) is 4.57 Å². The van der Waals surface area contributed by atoms with Crippen molar-refractivity contribution in [1.29, 1.82) is 0 Å². The zero-order valence-corrected chi connectivity index (χ0v) is 23.3. The fourth-order valence-electron chi connectivity index (χ4n) is 5.66. The Morgan fingerprint density at radius 1 is 0.902 bits per heavy atom. The standard InChI is InChI=1S/C31H30FN7O.ClH/c32-22-17-20(18-24(19-22)38-13-15-40-16-14-38)26-8-9-27-30(36-26)39(29(37-27)25-3-1-12-35-28(25)33)23-6-4-21(5-7-23)31(34)10-2-11-31;/h1,3-9,12,17-19H,2,10-11,13-16,34H2,(H2,33,35);1H. The molecule has 1 aliphatic heterocycles. The van der Waals surface area contributed by atoms with Gasteiger partial charge in [0.2, 0.25) is 0 Å². The Balaban J connectivity index is 0.00000302. The van der Waals surface area contributed by atoms with E-state index in [-0.39, 0.29) is 23.8 Å². The highest BCUT2D eigenvalue weighted by molar-refractivity contribution is 5.85. The van der Waals surface area contributed by atoms with Gasteiger partial charge < -0.3 is 21.1 Å². The number of hydrogen-bond acceptors (Lipinski definition) is 7. The normalized spacial score (nSPS) is 16.3. The van der Waals surface area contributed by atoms with Crippen LogP contribution < -0.4 is 16.4 Å². The molecule has 2 fully saturated rings. The number of imidazole rings is 1. The number of pyridine rings is 2. The fraction of sp³-hybridized carbons (Fsp3) is 0.258. The van der Waals surface area contributed by atoms with Crippen LogP contribution in [0.4, 0.5) is 15.9 Å². The van der Waals surface area contributed by atoms with Gasteiger partial charge in [0, 0.05) is 41.8 Å². The minimum Gasteiger partial charge on any atom is -0.383 e. The summed E-state index contributed by atoms with van der Waals surface area (Å²) in [4.78, 5) is 16.4. The van der Waals surface area contributed by atoms with Gasteiger partial charge in [-0.25, -0.2) is 19.3 Å². The second-order valence-corrected chi connectivity index (χ2v) is 10.6. The van der Waals surface area contributed by atoms with Crippen molar-refractivity contribution >= 4 is 35.1 Å². The largest absolute Gasteiger partial charge is 0.383 e. The zero-order valence-electron chi connectivity index (χ0n) is 22.5. The van der Waals surface area contributed by atoms with Crippen LogP contribution in [0, 0.1) is 5.82 Å². The zero-order chi connectivity index (χ0) is 27.3. The smallest absolute Gasteiger partial charge is 0.165 e. The number of fused-ring (bicyclic) bond motifs is 1. The number of hydrogen-bond donors (Lipinski definition) is 2. The lowest BCUT2D eigenvalue weighted by atomic mass is 9.73. The van der Waals surface area contributed by atoms with Crippen LogP contribution in [0.5, 0.6) is 0 Å². The van der Waals surface area contributed by atoms with Gasteiger partial charge in [0.05, 0.1) is 24.5 Å². The molecule has 0 radical (unpaired) electrons. The molecule has 210 valence electrons. The first kappa shape index (κ1) is 27.1. The van der Waals surface area contributed by atoms with Crippen molar-refractivity contribution in [3.05, 3.63) is 84.3 Å². The highest BCUT2D eigenvalue weighted by Gasteiger charge is 2.34. The first-order valence-electron chi connectivity index (χ1n) is 13.6. The van der Waals surface area contributed by atoms with Crippen molar-refractivity contribution in [1.82, 2.24) is 19.5 Å². The summed E-state index contributed by atoms with van der Waals surface area (Å²) in [5.74, 6) is 0.712. The predicted octanol–water partition coefficient (Wildman–Crippen LogP) is 5.47. The summed E-state index contributed by atoms with van der Waals surface area (Å²) in [7, 11) is 0. The van der Waals surface area contributed by atoms with Crippen molar-refractivity contribution in [2.24, 2.45) is 5.73 Å². The van der Waals surface area contributed by atoms with E-state index < -0.39 is 0 Å². The van der Waals surface area contributed by atoms with Gasteiger partial charge in [-0.2, -0.15) is 0 Å². The number of benzene rings is 2. The van der Waals surface area contributed by atoms with Crippen LogP contribution in [-0.2, 0) is 10.3 Å². The Labute approximate surface area is 243 Å². The first-order chi connectivity index (χ1) is 19.5. The van der Waals surface area contributed by atoms with E-state index in [0.29, 0.717) is 52.8 Å². The summed E-state index contributed by atoms with van der Waals surface area (Å²) >= 11 is 0. The molecular formula is C31H31ClFN7O. The maximum atomic E-state index is 14.8. The van der Waals surface area contributed by atoms with Crippen molar-refractivity contribution < 1.29 is 9.13 Å². The Hall–Kier alpha value is -4.05. The number of nitrogens with zero attached hydrogens (tertiary/aromatic N) is 5. The van der Waals surface area contributed by atoms with Crippen LogP contribution in [-0.4, -0.2) is 45.8 Å². The van der Waals surface area contributed by atoms with Crippen molar-refractivity contribution in [3.63, 3.8) is 0 Å². The van der Waals surface area contributed by atoms with E-state index in [4.69, 9.17) is 26.2 Å². The van der Waals surface area contributed by atoms with Crippen molar-refractivity contribution in [2.45, 2.75) is 24.8 Å². The second-order valence-electron chi connectivity index (χ2n) is 10.6. The fourth-order valence-corrected chi connectivity index (χ4v) is 5.66. The first-order valence-corrected chi connectivity index (χ1v) is 13.6. The van der Waals surface area contributed by atoms with Crippen LogP contribution in [0.25, 0.3) is 39.5 Å². The molecule has 1 saturated heterocycles. The van der Waals surface area contributed by atoms with Crippen LogP contribution >= 0.6 is 12.4 Å². The summed E-state index contributed by atoms with van der Waals surface area (Å²) in [5, 5.41) is 0. The molecular weight excluding hydrogens is 541 g/mol. The number of halogens is 2. The van der Waals surface area contributed by atoms with E-state index >= 15 is 0 Å². The van der Waals surface area contributed by atoms with Gasteiger partial charge >= 0.3 is 0 Å². The third-order valence-corrected chi connectivity index (χ3v) is 8.08. The molecule has 41 heavy (non-hydrogen) atoms. The topological polar surface area (TPSA) is 108 Å². The molecule has 0 atom stereocenters. The third kappa shape index (κ3) is 4.90. The molecule has 0 amide bonds. The van der Waals surface area contributed by atoms with Gasteiger partial charge in [-0.1, -0.05) is 12.1 Å². The second kappa shape index (κ2) is 10.7. The van der Waals surface area contributed by atoms with Gasteiger partial charge in [-0.15, -0.1) is 12.4 Å². The average Bonchev–Trinajstić information content (AvgIpc) is 3.35. The lowest BCUT2D eigenvalue weighted by molar-refractivity contribution is 0.122. The van der Waals surface area contributed by atoms with Gasteiger partial charge in [0.15, 0.2) is 11.5 Å². The molecule has 0 bridgehead atoms.